The van der Waals surface area contributed by atoms with Crippen LogP contribution in [-0.2, 0) is 16.4 Å². The van der Waals surface area contributed by atoms with Crippen LogP contribution >= 0.6 is 11.3 Å². The van der Waals surface area contributed by atoms with Gasteiger partial charge in [-0.3, -0.25) is 14.5 Å². The smallest absolute Gasteiger partial charge is 0.265 e. The van der Waals surface area contributed by atoms with E-state index in [4.69, 9.17) is 0 Å². The summed E-state index contributed by atoms with van der Waals surface area (Å²) in [5, 5.41) is 7.76. The Hall–Kier alpha value is -3.79. The Labute approximate surface area is 232 Å². The first kappa shape index (κ1) is 26.8. The van der Waals surface area contributed by atoms with Crippen LogP contribution in [0, 0.1) is 6.92 Å². The van der Waals surface area contributed by atoms with Gasteiger partial charge in [0, 0.05) is 36.6 Å². The summed E-state index contributed by atoms with van der Waals surface area (Å²) >= 11 is 1.40. The molecule has 4 aromatic rings. The minimum Gasteiger partial charge on any atom is -0.322 e. The maximum atomic E-state index is 12.9. The van der Waals surface area contributed by atoms with E-state index in [0.29, 0.717) is 41.4 Å². The highest BCUT2D eigenvalue weighted by Crippen LogP contribution is 2.28. The molecule has 1 saturated heterocycles. The van der Waals surface area contributed by atoms with Crippen molar-refractivity contribution < 1.29 is 18.0 Å². The number of thiophene rings is 1. The summed E-state index contributed by atoms with van der Waals surface area (Å²) in [4.78, 5) is 28.1. The van der Waals surface area contributed by atoms with Gasteiger partial charge >= 0.3 is 0 Å². The second-order valence-corrected chi connectivity index (χ2v) is 12.9. The lowest BCUT2D eigenvalue weighted by atomic mass is 9.98. The third-order valence-corrected chi connectivity index (χ3v) is 9.23. The second-order valence-electron chi connectivity index (χ2n) is 9.62. The third kappa shape index (κ3) is 6.81. The zero-order valence-corrected chi connectivity index (χ0v) is 23.1. The van der Waals surface area contributed by atoms with E-state index >= 15 is 0 Å². The van der Waals surface area contributed by atoms with Crippen molar-refractivity contribution in [2.24, 2.45) is 0 Å². The van der Waals surface area contributed by atoms with Crippen molar-refractivity contribution in [2.75, 3.05) is 35.2 Å². The Morgan fingerprint density at radius 3 is 2.18 bits per heavy atom. The Morgan fingerprint density at radius 1 is 0.846 bits per heavy atom. The number of nitrogens with one attached hydrogen (secondary N) is 2. The Bertz CT molecular complexity index is 1570. The van der Waals surface area contributed by atoms with Crippen LogP contribution in [-0.4, -0.2) is 49.7 Å². The van der Waals surface area contributed by atoms with E-state index in [9.17, 15) is 18.0 Å². The van der Waals surface area contributed by atoms with Gasteiger partial charge in [0.25, 0.3) is 11.8 Å². The normalized spacial score (nSPS) is 15.0. The van der Waals surface area contributed by atoms with Crippen LogP contribution in [0.15, 0.2) is 84.2 Å². The van der Waals surface area contributed by atoms with Gasteiger partial charge in [-0.1, -0.05) is 36.4 Å². The second kappa shape index (κ2) is 11.5. The molecule has 0 bridgehead atoms. The lowest BCUT2D eigenvalue weighted by molar-refractivity contribution is 0.102. The Morgan fingerprint density at radius 2 is 1.51 bits per heavy atom. The molecule has 1 aliphatic heterocycles. The first-order chi connectivity index (χ1) is 18.8. The number of anilines is 2. The summed E-state index contributed by atoms with van der Waals surface area (Å²) in [6, 6.07) is 24.5. The third-order valence-electron chi connectivity index (χ3n) is 6.75. The zero-order chi connectivity index (χ0) is 27.4. The molecule has 3 aromatic carbocycles. The number of carbonyl (C=O) groups excluding carboxylic acids is 2. The molecule has 39 heavy (non-hydrogen) atoms. The van der Waals surface area contributed by atoms with Crippen molar-refractivity contribution in [3.05, 3.63) is 106 Å². The number of nitrogens with zero attached hydrogens (tertiary/aromatic N) is 1. The molecule has 0 radical (unpaired) electrons. The molecule has 0 aliphatic carbocycles. The van der Waals surface area contributed by atoms with Gasteiger partial charge in [0.15, 0.2) is 9.84 Å². The SMILES string of the molecule is Cc1ccc(NC(=O)c2cccs2)cc1-c1ccc(C(=O)Nc2ccc(CN3CCS(=O)(=O)CC3)cc2)cc1. The van der Waals surface area contributed by atoms with Crippen LogP contribution in [0.1, 0.15) is 31.2 Å². The molecule has 0 saturated carbocycles. The Kier molecular flexibility index (Phi) is 7.92. The maximum Gasteiger partial charge on any atom is 0.265 e. The van der Waals surface area contributed by atoms with Crippen molar-refractivity contribution in [3.63, 3.8) is 0 Å². The van der Waals surface area contributed by atoms with Gasteiger partial charge in [0.2, 0.25) is 0 Å². The summed E-state index contributed by atoms with van der Waals surface area (Å²) in [6.07, 6.45) is 0. The molecule has 5 rings (SSSR count). The van der Waals surface area contributed by atoms with E-state index in [1.54, 1.807) is 18.2 Å². The number of sulfone groups is 1. The summed E-state index contributed by atoms with van der Waals surface area (Å²) < 4.78 is 23.2. The van der Waals surface area contributed by atoms with Crippen molar-refractivity contribution in [1.29, 1.82) is 0 Å². The molecule has 200 valence electrons. The maximum absolute atomic E-state index is 12.9. The molecule has 9 heteroatoms. The van der Waals surface area contributed by atoms with E-state index in [-0.39, 0.29) is 23.3 Å². The van der Waals surface area contributed by atoms with Gasteiger partial charge in [-0.15, -0.1) is 11.3 Å². The average Bonchev–Trinajstić information content (AvgIpc) is 3.48. The van der Waals surface area contributed by atoms with Gasteiger partial charge in [0.05, 0.1) is 16.4 Å². The first-order valence-electron chi connectivity index (χ1n) is 12.6. The predicted molar refractivity (Wildman–Crippen MR) is 157 cm³/mol. The molecule has 2 amide bonds. The standard InChI is InChI=1S/C30H29N3O4S2/c1-21-4-11-26(32-30(35)28-3-2-16-38-28)19-27(21)23-7-9-24(10-8-23)29(34)31-25-12-5-22(6-13-25)20-33-14-17-39(36,37)18-15-33/h2-13,16,19H,14-15,17-18,20H2,1H3,(H,31,34)(H,32,35). The van der Waals surface area contributed by atoms with Crippen LogP contribution in [0.2, 0.25) is 0 Å². The molecular formula is C30H29N3O4S2. The molecule has 0 spiro atoms. The number of amides is 2. The molecular weight excluding hydrogens is 530 g/mol. The van der Waals surface area contributed by atoms with Crippen LogP contribution in [0.5, 0.6) is 0 Å². The fraction of sp³-hybridized carbons (Fsp3) is 0.200. The van der Waals surface area contributed by atoms with Crippen molar-refractivity contribution in [2.45, 2.75) is 13.5 Å². The number of benzene rings is 3. The van der Waals surface area contributed by atoms with E-state index in [0.717, 1.165) is 22.3 Å². The van der Waals surface area contributed by atoms with Crippen LogP contribution < -0.4 is 10.6 Å². The molecule has 2 heterocycles. The van der Waals surface area contributed by atoms with Gasteiger partial charge in [-0.2, -0.15) is 0 Å². The minimum absolute atomic E-state index is 0.137. The number of rotatable bonds is 7. The highest BCUT2D eigenvalue weighted by molar-refractivity contribution is 7.91. The summed E-state index contributed by atoms with van der Waals surface area (Å²) in [5.41, 5.74) is 6.01. The average molecular weight is 560 g/mol. The number of aryl methyl sites for hydroxylation is 1. The van der Waals surface area contributed by atoms with Crippen LogP contribution in [0.4, 0.5) is 11.4 Å². The van der Waals surface area contributed by atoms with Gasteiger partial charge < -0.3 is 10.6 Å². The number of carbonyl (C=O) groups is 2. The topological polar surface area (TPSA) is 95.6 Å². The molecule has 2 N–H and O–H groups in total. The fourth-order valence-corrected chi connectivity index (χ4v) is 6.37. The summed E-state index contributed by atoms with van der Waals surface area (Å²) in [6.45, 7) is 3.79. The predicted octanol–water partition coefficient (Wildman–Crippen LogP) is 5.46. The quantitative estimate of drug-likeness (QED) is 0.314. The molecule has 1 fully saturated rings. The van der Waals surface area contributed by atoms with E-state index in [1.165, 1.54) is 11.3 Å². The van der Waals surface area contributed by atoms with Crippen molar-refractivity contribution in [1.82, 2.24) is 4.90 Å². The van der Waals surface area contributed by atoms with Gasteiger partial charge in [0.1, 0.15) is 0 Å². The van der Waals surface area contributed by atoms with E-state index < -0.39 is 9.84 Å². The fourth-order valence-electron chi connectivity index (χ4n) is 4.48. The molecule has 0 atom stereocenters. The van der Waals surface area contributed by atoms with Crippen molar-refractivity contribution in [3.8, 4) is 11.1 Å². The summed E-state index contributed by atoms with van der Waals surface area (Å²) in [7, 11) is -2.89. The molecule has 7 nitrogen and oxygen atoms in total. The van der Waals surface area contributed by atoms with Gasteiger partial charge in [-0.05, 0) is 77.0 Å². The van der Waals surface area contributed by atoms with Crippen LogP contribution in [0.25, 0.3) is 11.1 Å². The van der Waals surface area contributed by atoms with E-state index in [1.807, 2.05) is 73.0 Å². The summed E-state index contributed by atoms with van der Waals surface area (Å²) in [5.74, 6) is 0.0692. The van der Waals surface area contributed by atoms with Crippen molar-refractivity contribution >= 4 is 44.4 Å². The molecule has 1 aliphatic rings. The highest BCUT2D eigenvalue weighted by atomic mass is 32.2. The number of hydrogen-bond donors (Lipinski definition) is 2. The lowest BCUT2D eigenvalue weighted by Gasteiger charge is -2.26. The van der Waals surface area contributed by atoms with E-state index in [2.05, 4.69) is 15.5 Å². The lowest BCUT2D eigenvalue weighted by Crippen LogP contribution is -2.39. The molecule has 0 unspecified atom stereocenters. The largest absolute Gasteiger partial charge is 0.322 e. The van der Waals surface area contributed by atoms with Crippen LogP contribution in [0.3, 0.4) is 0 Å². The monoisotopic (exact) mass is 559 g/mol. The van der Waals surface area contributed by atoms with Gasteiger partial charge in [-0.25, -0.2) is 8.42 Å². The Balaban J connectivity index is 1.20. The highest BCUT2D eigenvalue weighted by Gasteiger charge is 2.21. The first-order valence-corrected chi connectivity index (χ1v) is 15.3. The number of hydrogen-bond acceptors (Lipinski definition) is 6. The molecule has 1 aromatic heterocycles. The zero-order valence-electron chi connectivity index (χ0n) is 21.5. The minimum atomic E-state index is -2.89.